The van der Waals surface area contributed by atoms with Gasteiger partial charge < -0.3 is 5.73 Å². The highest BCUT2D eigenvalue weighted by Gasteiger charge is 2.35. The molecule has 2 N–H and O–H groups in total. The third-order valence-electron chi connectivity index (χ3n) is 3.48. The van der Waals surface area contributed by atoms with E-state index in [4.69, 9.17) is 17.3 Å². The third kappa shape index (κ3) is 2.74. The molecule has 1 aliphatic carbocycles. The van der Waals surface area contributed by atoms with Gasteiger partial charge in [-0.05, 0) is 43.7 Å². The van der Waals surface area contributed by atoms with Gasteiger partial charge in [-0.15, -0.1) is 11.3 Å². The molecule has 0 saturated heterocycles. The van der Waals surface area contributed by atoms with E-state index in [-0.39, 0.29) is 5.54 Å². The summed E-state index contributed by atoms with van der Waals surface area (Å²) in [5.74, 6) is 0.838. The van der Waals surface area contributed by atoms with Gasteiger partial charge in [0.2, 0.25) is 0 Å². The smallest absolute Gasteiger partial charge is 0.0931 e. The molecular weight excluding hydrogens is 226 g/mol. The van der Waals surface area contributed by atoms with Gasteiger partial charge in [0.05, 0.1) is 4.34 Å². The van der Waals surface area contributed by atoms with Crippen molar-refractivity contribution in [3.63, 3.8) is 0 Å². The van der Waals surface area contributed by atoms with Crippen LogP contribution in [0.15, 0.2) is 12.1 Å². The van der Waals surface area contributed by atoms with Gasteiger partial charge in [0.25, 0.3) is 0 Å². The fourth-order valence-corrected chi connectivity index (χ4v) is 3.82. The molecule has 84 valence electrons. The van der Waals surface area contributed by atoms with Gasteiger partial charge in [-0.2, -0.15) is 0 Å². The predicted octanol–water partition coefficient (Wildman–Crippen LogP) is 3.85. The monoisotopic (exact) mass is 243 g/mol. The Labute approximate surface area is 101 Å². The molecule has 1 heterocycles. The zero-order chi connectivity index (χ0) is 10.9. The highest BCUT2D eigenvalue weighted by atomic mass is 35.5. The van der Waals surface area contributed by atoms with Crippen molar-refractivity contribution in [1.82, 2.24) is 0 Å². The third-order valence-corrected chi connectivity index (χ3v) is 4.71. The molecule has 3 heteroatoms. The van der Waals surface area contributed by atoms with Crippen LogP contribution in [0.2, 0.25) is 4.34 Å². The van der Waals surface area contributed by atoms with Crippen molar-refractivity contribution >= 4 is 22.9 Å². The fraction of sp³-hybridized carbons (Fsp3) is 0.667. The van der Waals surface area contributed by atoms with E-state index in [9.17, 15) is 0 Å². The van der Waals surface area contributed by atoms with E-state index in [0.29, 0.717) is 0 Å². The summed E-state index contributed by atoms with van der Waals surface area (Å²) in [6.45, 7) is 2.26. The zero-order valence-electron chi connectivity index (χ0n) is 9.13. The molecule has 1 nitrogen and oxygen atoms in total. The Morgan fingerprint density at radius 3 is 2.93 bits per heavy atom. The zero-order valence-corrected chi connectivity index (χ0v) is 10.7. The summed E-state index contributed by atoms with van der Waals surface area (Å²) in [6.07, 6.45) is 5.91. The maximum atomic E-state index is 6.43. The van der Waals surface area contributed by atoms with E-state index in [2.05, 4.69) is 13.0 Å². The van der Waals surface area contributed by atoms with Crippen molar-refractivity contribution in [1.29, 1.82) is 0 Å². The quantitative estimate of drug-likeness (QED) is 0.858. The van der Waals surface area contributed by atoms with E-state index >= 15 is 0 Å². The number of rotatable bonds is 3. The Morgan fingerprint density at radius 1 is 1.60 bits per heavy atom. The first-order valence-corrected chi connectivity index (χ1v) is 6.84. The van der Waals surface area contributed by atoms with Crippen molar-refractivity contribution in [3.05, 3.63) is 21.3 Å². The van der Waals surface area contributed by atoms with Crippen molar-refractivity contribution in [2.24, 2.45) is 11.7 Å². The average Bonchev–Trinajstić information content (AvgIpc) is 2.74. The molecule has 1 aromatic rings. The molecule has 2 unspecified atom stereocenters. The molecule has 1 fully saturated rings. The first kappa shape index (κ1) is 11.4. The topological polar surface area (TPSA) is 26.0 Å². The maximum absolute atomic E-state index is 6.43. The van der Waals surface area contributed by atoms with Crippen LogP contribution in [0.4, 0.5) is 0 Å². The van der Waals surface area contributed by atoms with E-state index in [1.165, 1.54) is 30.6 Å². The van der Waals surface area contributed by atoms with Gasteiger partial charge in [-0.3, -0.25) is 0 Å². The molecule has 0 amide bonds. The van der Waals surface area contributed by atoms with E-state index < -0.39 is 0 Å². The Hall–Kier alpha value is -0.0500. The second-order valence-electron chi connectivity index (χ2n) is 4.76. The SMILES string of the molecule is CCC1CCC(N)(Cc2ccc(Cl)s2)C1. The highest BCUT2D eigenvalue weighted by Crippen LogP contribution is 2.38. The van der Waals surface area contributed by atoms with Crippen molar-refractivity contribution in [2.75, 3.05) is 0 Å². The van der Waals surface area contributed by atoms with Gasteiger partial charge in [0, 0.05) is 10.4 Å². The summed E-state index contributed by atoms with van der Waals surface area (Å²) < 4.78 is 0.874. The van der Waals surface area contributed by atoms with Gasteiger partial charge in [-0.25, -0.2) is 0 Å². The average molecular weight is 244 g/mol. The van der Waals surface area contributed by atoms with Gasteiger partial charge in [-0.1, -0.05) is 24.9 Å². The normalized spacial score (nSPS) is 31.0. The second kappa shape index (κ2) is 4.44. The number of thiophene rings is 1. The molecule has 15 heavy (non-hydrogen) atoms. The molecule has 0 aromatic carbocycles. The maximum Gasteiger partial charge on any atom is 0.0931 e. The lowest BCUT2D eigenvalue weighted by molar-refractivity contribution is 0.409. The molecule has 0 bridgehead atoms. The second-order valence-corrected chi connectivity index (χ2v) is 6.56. The van der Waals surface area contributed by atoms with E-state index in [1.807, 2.05) is 6.07 Å². The van der Waals surface area contributed by atoms with Crippen LogP contribution in [0.3, 0.4) is 0 Å². The first-order valence-electron chi connectivity index (χ1n) is 5.64. The van der Waals surface area contributed by atoms with Crippen LogP contribution >= 0.6 is 22.9 Å². The van der Waals surface area contributed by atoms with E-state index in [1.54, 1.807) is 11.3 Å². The van der Waals surface area contributed by atoms with Crippen LogP contribution in [0, 0.1) is 5.92 Å². The van der Waals surface area contributed by atoms with Crippen LogP contribution in [0.25, 0.3) is 0 Å². The molecule has 2 rings (SSSR count). The summed E-state index contributed by atoms with van der Waals surface area (Å²) in [7, 11) is 0. The van der Waals surface area contributed by atoms with Crippen LogP contribution in [-0.2, 0) is 6.42 Å². The van der Waals surface area contributed by atoms with E-state index in [0.717, 1.165) is 16.7 Å². The molecule has 1 aliphatic rings. The largest absolute Gasteiger partial charge is 0.325 e. The predicted molar refractivity (Wildman–Crippen MR) is 67.6 cm³/mol. The lowest BCUT2D eigenvalue weighted by Gasteiger charge is -2.23. The Balaban J connectivity index is 2.00. The standard InChI is InChI=1S/C12H18ClNS/c1-2-9-5-6-12(14,7-9)8-10-3-4-11(13)15-10/h3-4,9H,2,5-8,14H2,1H3. The summed E-state index contributed by atoms with van der Waals surface area (Å²) in [5, 5.41) is 0. The lowest BCUT2D eigenvalue weighted by atomic mass is 9.92. The Bertz CT molecular complexity index is 336. The highest BCUT2D eigenvalue weighted by molar-refractivity contribution is 7.16. The van der Waals surface area contributed by atoms with Crippen molar-refractivity contribution in [3.8, 4) is 0 Å². The van der Waals surface area contributed by atoms with Crippen molar-refractivity contribution in [2.45, 2.75) is 44.6 Å². The Kier molecular flexibility index (Phi) is 3.39. The molecule has 1 saturated carbocycles. The number of hydrogen-bond donors (Lipinski definition) is 1. The number of halogens is 1. The minimum absolute atomic E-state index is 0.0366. The molecule has 0 radical (unpaired) electrons. The molecule has 0 spiro atoms. The molecular formula is C12H18ClNS. The molecule has 0 aliphatic heterocycles. The first-order chi connectivity index (χ1) is 7.11. The van der Waals surface area contributed by atoms with Gasteiger partial charge in [0.15, 0.2) is 0 Å². The van der Waals surface area contributed by atoms with Gasteiger partial charge in [0.1, 0.15) is 0 Å². The minimum Gasteiger partial charge on any atom is -0.325 e. The summed E-state index contributed by atoms with van der Waals surface area (Å²) >= 11 is 7.59. The van der Waals surface area contributed by atoms with Crippen molar-refractivity contribution < 1.29 is 0 Å². The molecule has 1 aromatic heterocycles. The fourth-order valence-electron chi connectivity index (χ4n) is 2.57. The summed E-state index contributed by atoms with van der Waals surface area (Å²) in [5.41, 5.74) is 6.47. The number of nitrogens with two attached hydrogens (primary N) is 1. The summed E-state index contributed by atoms with van der Waals surface area (Å²) in [6, 6.07) is 4.08. The van der Waals surface area contributed by atoms with Crippen LogP contribution < -0.4 is 5.73 Å². The van der Waals surface area contributed by atoms with Crippen LogP contribution in [0.1, 0.15) is 37.5 Å². The summed E-state index contributed by atoms with van der Waals surface area (Å²) in [4.78, 5) is 1.33. The van der Waals surface area contributed by atoms with Gasteiger partial charge >= 0.3 is 0 Å². The van der Waals surface area contributed by atoms with Crippen LogP contribution in [-0.4, -0.2) is 5.54 Å². The number of hydrogen-bond acceptors (Lipinski definition) is 2. The minimum atomic E-state index is 0.0366. The van der Waals surface area contributed by atoms with Crippen LogP contribution in [0.5, 0.6) is 0 Å². The Morgan fingerprint density at radius 2 is 2.40 bits per heavy atom. The lowest BCUT2D eigenvalue weighted by Crippen LogP contribution is -2.39. The molecule has 2 atom stereocenters.